The Balaban J connectivity index is 1.32. The van der Waals surface area contributed by atoms with Gasteiger partial charge in [-0.1, -0.05) is 55.0 Å². The molecule has 34 heavy (non-hydrogen) atoms. The van der Waals surface area contributed by atoms with Gasteiger partial charge in [0, 0.05) is 24.9 Å². The number of nitrogens with one attached hydrogen (secondary N) is 2. The van der Waals surface area contributed by atoms with Crippen molar-refractivity contribution >= 4 is 18.0 Å². The largest absolute Gasteiger partial charge is 0.481 e. The Kier molecular flexibility index (Phi) is 7.20. The number of hydrogen-bond donors (Lipinski definition) is 3. The lowest BCUT2D eigenvalue weighted by molar-refractivity contribution is -0.137. The van der Waals surface area contributed by atoms with Crippen LogP contribution < -0.4 is 10.6 Å². The minimum atomic E-state index is -0.832. The van der Waals surface area contributed by atoms with Gasteiger partial charge in [0.25, 0.3) is 0 Å². The summed E-state index contributed by atoms with van der Waals surface area (Å²) in [4.78, 5) is 36.2. The van der Waals surface area contributed by atoms with Crippen LogP contribution >= 0.6 is 0 Å². The minimum absolute atomic E-state index is 0.0118. The summed E-state index contributed by atoms with van der Waals surface area (Å²) in [5, 5.41) is 14.6. The number of carboxylic acids is 1. The molecule has 7 nitrogen and oxygen atoms in total. The van der Waals surface area contributed by atoms with Crippen LogP contribution in [0.1, 0.15) is 62.5 Å². The Bertz CT molecular complexity index is 1020. The van der Waals surface area contributed by atoms with E-state index in [0.29, 0.717) is 32.2 Å². The fraction of sp³-hybridized carbons (Fsp3) is 0.444. The number of unbranched alkanes of at least 4 members (excludes halogenated alkanes) is 1. The van der Waals surface area contributed by atoms with E-state index in [-0.39, 0.29) is 30.9 Å². The van der Waals surface area contributed by atoms with Gasteiger partial charge in [0.15, 0.2) is 0 Å². The molecule has 0 heterocycles. The van der Waals surface area contributed by atoms with Gasteiger partial charge in [-0.05, 0) is 54.9 Å². The van der Waals surface area contributed by atoms with Crippen molar-refractivity contribution in [1.29, 1.82) is 0 Å². The number of carbonyl (C=O) groups excluding carboxylic acids is 2. The normalized spacial score (nSPS) is 20.9. The highest BCUT2D eigenvalue weighted by Crippen LogP contribution is 2.44. The van der Waals surface area contributed by atoms with E-state index in [0.717, 1.165) is 17.5 Å². The molecule has 3 N–H and O–H groups in total. The van der Waals surface area contributed by atoms with E-state index in [1.165, 1.54) is 11.1 Å². The smallest absolute Gasteiger partial charge is 0.407 e. The molecule has 4 rings (SSSR count). The van der Waals surface area contributed by atoms with Crippen LogP contribution in [0.5, 0.6) is 0 Å². The Morgan fingerprint density at radius 3 is 2.32 bits per heavy atom. The number of carbonyl (C=O) groups is 3. The molecule has 0 spiro atoms. The zero-order chi connectivity index (χ0) is 24.1. The van der Waals surface area contributed by atoms with Crippen molar-refractivity contribution in [1.82, 2.24) is 10.6 Å². The summed E-state index contributed by atoms with van der Waals surface area (Å²) >= 11 is 0. The summed E-state index contributed by atoms with van der Waals surface area (Å²) < 4.78 is 5.67. The Morgan fingerprint density at radius 1 is 1.03 bits per heavy atom. The summed E-state index contributed by atoms with van der Waals surface area (Å²) in [6.45, 7) is 2.54. The number of carboxylic acid groups (broad SMARTS) is 1. The van der Waals surface area contributed by atoms with E-state index >= 15 is 0 Å². The van der Waals surface area contributed by atoms with Crippen molar-refractivity contribution < 1.29 is 24.2 Å². The van der Waals surface area contributed by atoms with Gasteiger partial charge < -0.3 is 20.5 Å². The third-order valence-electron chi connectivity index (χ3n) is 7.22. The molecule has 0 radical (unpaired) electrons. The molecule has 2 aromatic rings. The molecule has 0 aliphatic heterocycles. The maximum atomic E-state index is 12.9. The van der Waals surface area contributed by atoms with Gasteiger partial charge in [0.1, 0.15) is 6.61 Å². The van der Waals surface area contributed by atoms with Crippen molar-refractivity contribution in [3.63, 3.8) is 0 Å². The number of amides is 2. The quantitative estimate of drug-likeness (QED) is 0.476. The first kappa shape index (κ1) is 23.8. The van der Waals surface area contributed by atoms with Crippen molar-refractivity contribution in [2.45, 2.75) is 57.4 Å². The second-order valence-corrected chi connectivity index (χ2v) is 9.44. The molecule has 2 atom stereocenters. The molecule has 1 saturated carbocycles. The monoisotopic (exact) mass is 464 g/mol. The number of hydrogen-bond acceptors (Lipinski definition) is 4. The molecule has 180 valence electrons. The van der Waals surface area contributed by atoms with Crippen LogP contribution in [0.25, 0.3) is 11.1 Å². The number of alkyl carbamates (subject to hydrolysis) is 1. The maximum Gasteiger partial charge on any atom is 0.407 e. The highest BCUT2D eigenvalue weighted by atomic mass is 16.5. The van der Waals surface area contributed by atoms with Gasteiger partial charge >= 0.3 is 12.1 Å². The first-order valence-corrected chi connectivity index (χ1v) is 12.0. The highest BCUT2D eigenvalue weighted by molar-refractivity contribution is 5.84. The Hall–Kier alpha value is -3.35. The number of fused-ring (bicyclic) bond motifs is 3. The van der Waals surface area contributed by atoms with E-state index in [1.54, 1.807) is 0 Å². The number of rotatable bonds is 9. The molecule has 2 aliphatic rings. The third kappa shape index (κ3) is 4.93. The second-order valence-electron chi connectivity index (χ2n) is 9.44. The van der Waals surface area contributed by atoms with Crippen molar-refractivity contribution in [2.24, 2.45) is 5.41 Å². The van der Waals surface area contributed by atoms with Crippen LogP contribution in [0.15, 0.2) is 48.5 Å². The van der Waals surface area contributed by atoms with Gasteiger partial charge in [-0.2, -0.15) is 0 Å². The fourth-order valence-corrected chi connectivity index (χ4v) is 5.26. The molecule has 1 fully saturated rings. The first-order valence-electron chi connectivity index (χ1n) is 12.0. The average Bonchev–Trinajstić information content (AvgIpc) is 3.35. The van der Waals surface area contributed by atoms with Gasteiger partial charge in [-0.3, -0.25) is 9.59 Å². The van der Waals surface area contributed by atoms with Gasteiger partial charge in [0.2, 0.25) is 5.91 Å². The number of benzene rings is 2. The molecule has 0 bridgehead atoms. The summed E-state index contributed by atoms with van der Waals surface area (Å²) in [7, 11) is 0. The van der Waals surface area contributed by atoms with Gasteiger partial charge in [-0.25, -0.2) is 4.79 Å². The predicted octanol–water partition coefficient (Wildman–Crippen LogP) is 4.46. The zero-order valence-corrected chi connectivity index (χ0v) is 19.5. The Morgan fingerprint density at radius 2 is 1.68 bits per heavy atom. The third-order valence-corrected chi connectivity index (χ3v) is 7.22. The molecular formula is C27H32N2O5. The van der Waals surface area contributed by atoms with E-state index in [4.69, 9.17) is 9.84 Å². The highest BCUT2D eigenvalue weighted by Gasteiger charge is 2.45. The van der Waals surface area contributed by atoms with Gasteiger partial charge in [-0.15, -0.1) is 0 Å². The molecule has 2 aliphatic carbocycles. The molecule has 2 aromatic carbocycles. The molecule has 0 saturated heterocycles. The van der Waals surface area contributed by atoms with E-state index in [9.17, 15) is 14.4 Å². The average molecular weight is 465 g/mol. The fourth-order valence-electron chi connectivity index (χ4n) is 5.26. The summed E-state index contributed by atoms with van der Waals surface area (Å²) in [6.07, 6.45) is 2.97. The van der Waals surface area contributed by atoms with Crippen molar-refractivity contribution in [2.75, 3.05) is 13.2 Å². The first-order chi connectivity index (χ1) is 16.4. The SMILES string of the molecule is CC1(C(=O)NCCCCC(=O)O)CCCC1NC(=O)OCC1c2ccccc2-c2ccccc21. The molecule has 2 unspecified atom stereocenters. The lowest BCUT2D eigenvalue weighted by Crippen LogP contribution is -2.51. The molecule has 2 amide bonds. The maximum absolute atomic E-state index is 12.9. The van der Waals surface area contributed by atoms with E-state index < -0.39 is 17.5 Å². The number of ether oxygens (including phenoxy) is 1. The number of aliphatic carboxylic acids is 1. The second kappa shape index (κ2) is 10.3. The summed E-state index contributed by atoms with van der Waals surface area (Å²) in [5.41, 5.74) is 3.96. The van der Waals surface area contributed by atoms with Crippen molar-refractivity contribution in [3.8, 4) is 11.1 Å². The minimum Gasteiger partial charge on any atom is -0.481 e. The van der Waals surface area contributed by atoms with E-state index in [2.05, 4.69) is 34.9 Å². The summed E-state index contributed by atoms with van der Waals surface area (Å²) in [6, 6.07) is 16.1. The van der Waals surface area contributed by atoms with Crippen LogP contribution in [-0.4, -0.2) is 42.3 Å². The van der Waals surface area contributed by atoms with Crippen LogP contribution in [0.3, 0.4) is 0 Å². The zero-order valence-electron chi connectivity index (χ0n) is 19.5. The van der Waals surface area contributed by atoms with Crippen LogP contribution in [-0.2, 0) is 14.3 Å². The van der Waals surface area contributed by atoms with Crippen LogP contribution in [0.2, 0.25) is 0 Å². The lowest BCUT2D eigenvalue weighted by atomic mass is 9.83. The van der Waals surface area contributed by atoms with Crippen LogP contribution in [0, 0.1) is 5.41 Å². The topological polar surface area (TPSA) is 105 Å². The molecular weight excluding hydrogens is 432 g/mol. The van der Waals surface area contributed by atoms with Gasteiger partial charge in [0.05, 0.1) is 5.41 Å². The van der Waals surface area contributed by atoms with Crippen LogP contribution in [0.4, 0.5) is 4.79 Å². The molecule has 0 aromatic heterocycles. The van der Waals surface area contributed by atoms with E-state index in [1.807, 2.05) is 31.2 Å². The van der Waals surface area contributed by atoms with Crippen molar-refractivity contribution in [3.05, 3.63) is 59.7 Å². The standard InChI is InChI=1S/C27H32N2O5/c1-27(25(32)28-16-7-6-14-24(30)31)15-8-13-23(27)29-26(33)34-17-22-20-11-4-2-9-18(20)19-10-3-5-12-21(19)22/h2-5,9-12,22-23H,6-8,13-17H2,1H3,(H,28,32)(H,29,33)(H,30,31). The summed E-state index contributed by atoms with van der Waals surface area (Å²) in [5.74, 6) is -0.951. The predicted molar refractivity (Wildman–Crippen MR) is 128 cm³/mol. The lowest BCUT2D eigenvalue weighted by Gasteiger charge is -2.30. The molecule has 7 heteroatoms. The Labute approximate surface area is 199 Å².